The van der Waals surface area contributed by atoms with E-state index in [0.29, 0.717) is 17.9 Å². The Labute approximate surface area is 176 Å². The fourth-order valence-corrected chi connectivity index (χ4v) is 4.57. The molecule has 3 aromatic carbocycles. The van der Waals surface area contributed by atoms with Gasteiger partial charge in [-0.2, -0.15) is 0 Å². The standard InChI is InChI=1S/C23H23FN2O3S/c1-17(2)16-26(21-9-4-3-5-10-21)30(28,29)22-13-11-18(12-14-22)23(27)25-20-8-6-7-19(24)15-20/h3-15,17H,16H2,1-2H3,(H,25,27). The van der Waals surface area contributed by atoms with Crippen LogP contribution in [0.5, 0.6) is 0 Å². The molecular formula is C23H23FN2O3S. The highest BCUT2D eigenvalue weighted by molar-refractivity contribution is 7.92. The molecule has 0 bridgehead atoms. The van der Waals surface area contributed by atoms with Gasteiger partial charge in [0.1, 0.15) is 5.82 Å². The van der Waals surface area contributed by atoms with E-state index in [1.165, 1.54) is 46.8 Å². The Morgan fingerprint density at radius 3 is 2.23 bits per heavy atom. The van der Waals surface area contributed by atoms with Crippen LogP contribution in [0, 0.1) is 11.7 Å². The number of rotatable bonds is 7. The van der Waals surface area contributed by atoms with Crippen molar-refractivity contribution in [1.82, 2.24) is 0 Å². The number of carbonyl (C=O) groups is 1. The summed E-state index contributed by atoms with van der Waals surface area (Å²) in [7, 11) is -3.80. The van der Waals surface area contributed by atoms with Gasteiger partial charge in [0.15, 0.2) is 0 Å². The number of nitrogens with one attached hydrogen (secondary N) is 1. The number of hydrogen-bond donors (Lipinski definition) is 1. The second-order valence-electron chi connectivity index (χ2n) is 7.25. The molecule has 0 aromatic heterocycles. The monoisotopic (exact) mass is 426 g/mol. The van der Waals surface area contributed by atoms with E-state index in [1.54, 1.807) is 30.3 Å². The topological polar surface area (TPSA) is 66.5 Å². The van der Waals surface area contributed by atoms with E-state index in [0.717, 1.165) is 0 Å². The Hall–Kier alpha value is -3.19. The quantitative estimate of drug-likeness (QED) is 0.583. The normalized spacial score (nSPS) is 11.3. The Bertz CT molecular complexity index is 1110. The van der Waals surface area contributed by atoms with Gasteiger partial charge in [-0.25, -0.2) is 12.8 Å². The lowest BCUT2D eigenvalue weighted by atomic mass is 10.2. The van der Waals surface area contributed by atoms with Crippen molar-refractivity contribution >= 4 is 27.3 Å². The van der Waals surface area contributed by atoms with E-state index in [1.807, 2.05) is 19.9 Å². The molecule has 0 saturated heterocycles. The highest BCUT2D eigenvalue weighted by Gasteiger charge is 2.25. The first-order valence-corrected chi connectivity index (χ1v) is 11.0. The Morgan fingerprint density at radius 2 is 1.63 bits per heavy atom. The van der Waals surface area contributed by atoms with Crippen LogP contribution in [0.3, 0.4) is 0 Å². The van der Waals surface area contributed by atoms with Crippen LogP contribution in [0.25, 0.3) is 0 Å². The first-order chi connectivity index (χ1) is 14.3. The maximum Gasteiger partial charge on any atom is 0.264 e. The number of benzene rings is 3. The van der Waals surface area contributed by atoms with Gasteiger partial charge in [-0.05, 0) is 60.5 Å². The SMILES string of the molecule is CC(C)CN(c1ccccc1)S(=O)(=O)c1ccc(C(=O)Nc2cccc(F)c2)cc1. The van der Waals surface area contributed by atoms with Crippen LogP contribution in [0.4, 0.5) is 15.8 Å². The highest BCUT2D eigenvalue weighted by Crippen LogP contribution is 2.25. The molecule has 156 valence electrons. The summed E-state index contributed by atoms with van der Waals surface area (Å²) in [6.07, 6.45) is 0. The summed E-state index contributed by atoms with van der Waals surface area (Å²) >= 11 is 0. The van der Waals surface area contributed by atoms with E-state index in [-0.39, 0.29) is 16.4 Å². The third-order valence-corrected chi connectivity index (χ3v) is 6.17. The Balaban J connectivity index is 1.85. The third-order valence-electron chi connectivity index (χ3n) is 4.36. The summed E-state index contributed by atoms with van der Waals surface area (Å²) in [6.45, 7) is 4.23. The number of amides is 1. The van der Waals surface area contributed by atoms with E-state index in [9.17, 15) is 17.6 Å². The average Bonchev–Trinajstić information content (AvgIpc) is 2.72. The molecule has 3 aromatic rings. The lowest BCUT2D eigenvalue weighted by Gasteiger charge is -2.26. The van der Waals surface area contributed by atoms with E-state index in [4.69, 9.17) is 0 Å². The molecule has 5 nitrogen and oxygen atoms in total. The van der Waals surface area contributed by atoms with Crippen molar-refractivity contribution in [2.24, 2.45) is 5.92 Å². The molecule has 0 saturated carbocycles. The zero-order valence-electron chi connectivity index (χ0n) is 16.7. The molecule has 1 N–H and O–H groups in total. The van der Waals surface area contributed by atoms with Gasteiger partial charge in [0.05, 0.1) is 10.6 Å². The lowest BCUT2D eigenvalue weighted by Crippen LogP contribution is -2.34. The summed E-state index contributed by atoms with van der Waals surface area (Å²) in [4.78, 5) is 12.5. The van der Waals surface area contributed by atoms with Gasteiger partial charge in [0, 0.05) is 17.8 Å². The number of para-hydroxylation sites is 1. The van der Waals surface area contributed by atoms with Crippen LogP contribution < -0.4 is 9.62 Å². The number of nitrogens with zero attached hydrogens (tertiary/aromatic N) is 1. The van der Waals surface area contributed by atoms with Gasteiger partial charge in [-0.1, -0.05) is 38.1 Å². The zero-order chi connectivity index (χ0) is 21.7. The molecule has 0 heterocycles. The fourth-order valence-electron chi connectivity index (χ4n) is 2.94. The van der Waals surface area contributed by atoms with Crippen molar-refractivity contribution in [3.8, 4) is 0 Å². The fraction of sp³-hybridized carbons (Fsp3) is 0.174. The predicted octanol–water partition coefficient (Wildman–Crippen LogP) is 4.93. The molecule has 1 amide bonds. The van der Waals surface area contributed by atoms with Crippen molar-refractivity contribution in [3.63, 3.8) is 0 Å². The van der Waals surface area contributed by atoms with Crippen LogP contribution in [0.2, 0.25) is 0 Å². The van der Waals surface area contributed by atoms with Gasteiger partial charge in [0.25, 0.3) is 15.9 Å². The minimum atomic E-state index is -3.80. The number of halogens is 1. The summed E-state index contributed by atoms with van der Waals surface area (Å²) in [6, 6.07) is 20.2. The number of carbonyl (C=O) groups excluding carboxylic acids is 1. The molecule has 30 heavy (non-hydrogen) atoms. The van der Waals surface area contributed by atoms with E-state index < -0.39 is 21.7 Å². The molecule has 0 aliphatic rings. The minimum Gasteiger partial charge on any atom is -0.322 e. The average molecular weight is 427 g/mol. The third kappa shape index (κ3) is 5.04. The molecule has 0 aliphatic carbocycles. The van der Waals surface area contributed by atoms with Crippen LogP contribution in [0.1, 0.15) is 24.2 Å². The van der Waals surface area contributed by atoms with Crippen molar-refractivity contribution < 1.29 is 17.6 Å². The van der Waals surface area contributed by atoms with Gasteiger partial charge >= 0.3 is 0 Å². The second-order valence-corrected chi connectivity index (χ2v) is 9.12. The largest absolute Gasteiger partial charge is 0.322 e. The molecule has 0 aliphatic heterocycles. The van der Waals surface area contributed by atoms with Gasteiger partial charge in [0.2, 0.25) is 0 Å². The number of hydrogen-bond acceptors (Lipinski definition) is 3. The predicted molar refractivity (Wildman–Crippen MR) is 117 cm³/mol. The van der Waals surface area contributed by atoms with E-state index >= 15 is 0 Å². The van der Waals surface area contributed by atoms with Crippen molar-refractivity contribution in [2.75, 3.05) is 16.2 Å². The molecule has 0 unspecified atom stereocenters. The Kier molecular flexibility index (Phi) is 6.52. The van der Waals surface area contributed by atoms with Crippen molar-refractivity contribution in [1.29, 1.82) is 0 Å². The van der Waals surface area contributed by atoms with Gasteiger partial charge in [-0.15, -0.1) is 0 Å². The minimum absolute atomic E-state index is 0.0920. The molecule has 0 radical (unpaired) electrons. The first kappa shape index (κ1) is 21.5. The molecule has 0 atom stereocenters. The maximum atomic E-state index is 13.3. The molecule has 3 rings (SSSR count). The van der Waals surface area contributed by atoms with Crippen LogP contribution in [-0.2, 0) is 10.0 Å². The van der Waals surface area contributed by atoms with Gasteiger partial charge < -0.3 is 5.32 Å². The number of sulfonamides is 1. The summed E-state index contributed by atoms with van der Waals surface area (Å²) in [5, 5.41) is 2.59. The molecular weight excluding hydrogens is 403 g/mol. The molecule has 7 heteroatoms. The zero-order valence-corrected chi connectivity index (χ0v) is 17.6. The number of anilines is 2. The van der Waals surface area contributed by atoms with Gasteiger partial charge in [-0.3, -0.25) is 9.10 Å². The van der Waals surface area contributed by atoms with Crippen LogP contribution in [0.15, 0.2) is 83.8 Å². The highest BCUT2D eigenvalue weighted by atomic mass is 32.2. The van der Waals surface area contributed by atoms with E-state index in [2.05, 4.69) is 5.32 Å². The summed E-state index contributed by atoms with van der Waals surface area (Å²) < 4.78 is 41.2. The molecule has 0 fully saturated rings. The van der Waals surface area contributed by atoms with Crippen LogP contribution >= 0.6 is 0 Å². The smallest absolute Gasteiger partial charge is 0.264 e. The Morgan fingerprint density at radius 1 is 0.967 bits per heavy atom. The summed E-state index contributed by atoms with van der Waals surface area (Å²) in [5.74, 6) is -0.789. The first-order valence-electron chi connectivity index (χ1n) is 9.52. The maximum absolute atomic E-state index is 13.3. The lowest BCUT2D eigenvalue weighted by molar-refractivity contribution is 0.102. The summed E-state index contributed by atoms with van der Waals surface area (Å²) in [5.41, 5.74) is 1.18. The van der Waals surface area contributed by atoms with Crippen LogP contribution in [-0.4, -0.2) is 20.9 Å². The van der Waals surface area contributed by atoms with Crippen molar-refractivity contribution in [2.45, 2.75) is 18.7 Å². The second kappa shape index (κ2) is 9.09. The van der Waals surface area contributed by atoms with Crippen molar-refractivity contribution in [3.05, 3.63) is 90.2 Å². The molecule has 0 spiro atoms.